The minimum atomic E-state index is -3.55. The number of anilines is 2. The number of aryl methyl sites for hydroxylation is 1. The average Bonchev–Trinajstić information content (AvgIpc) is 2.80. The summed E-state index contributed by atoms with van der Waals surface area (Å²) in [5.41, 5.74) is 1.87. The lowest BCUT2D eigenvalue weighted by Crippen LogP contribution is -2.50. The third-order valence-corrected chi connectivity index (χ3v) is 7.37. The zero-order chi connectivity index (χ0) is 21.8. The van der Waals surface area contributed by atoms with Crippen molar-refractivity contribution in [2.75, 3.05) is 62.7 Å². The standard InChI is InChI=1S/C21H27N5O4S/c1-17-3-2-4-18(15-17)23-21(27)25-9-7-24(8-10-25)20-6-5-19(16-22-20)31(28,29)26-11-13-30-14-12-26/h2-6,15-16H,7-14H2,1H3,(H,23,27). The molecule has 166 valence electrons. The van der Waals surface area contributed by atoms with Crippen molar-refractivity contribution in [2.24, 2.45) is 0 Å². The van der Waals surface area contributed by atoms with Crippen molar-refractivity contribution in [2.45, 2.75) is 11.8 Å². The summed E-state index contributed by atoms with van der Waals surface area (Å²) < 4.78 is 32.1. The largest absolute Gasteiger partial charge is 0.379 e. The molecule has 0 bridgehead atoms. The van der Waals surface area contributed by atoms with Gasteiger partial charge in [-0.05, 0) is 36.8 Å². The molecule has 2 aromatic rings. The molecule has 9 nitrogen and oxygen atoms in total. The van der Waals surface area contributed by atoms with E-state index >= 15 is 0 Å². The normalized spacial score (nSPS) is 18.1. The number of morpholine rings is 1. The number of hydrogen-bond donors (Lipinski definition) is 1. The molecule has 0 aliphatic carbocycles. The predicted octanol–water partition coefficient (Wildman–Crippen LogP) is 1.77. The summed E-state index contributed by atoms with van der Waals surface area (Å²) in [5.74, 6) is 0.708. The van der Waals surface area contributed by atoms with Crippen molar-refractivity contribution >= 4 is 27.6 Å². The van der Waals surface area contributed by atoms with Gasteiger partial charge in [0.15, 0.2) is 0 Å². The van der Waals surface area contributed by atoms with Crippen LogP contribution in [-0.2, 0) is 14.8 Å². The van der Waals surface area contributed by atoms with E-state index in [-0.39, 0.29) is 10.9 Å². The van der Waals surface area contributed by atoms with Gasteiger partial charge in [0.2, 0.25) is 10.0 Å². The van der Waals surface area contributed by atoms with Gasteiger partial charge < -0.3 is 19.9 Å². The second-order valence-electron chi connectivity index (χ2n) is 7.64. The number of rotatable bonds is 4. The van der Waals surface area contributed by atoms with E-state index in [0.717, 1.165) is 11.3 Å². The maximum absolute atomic E-state index is 12.7. The first-order valence-corrected chi connectivity index (χ1v) is 11.8. The Labute approximate surface area is 182 Å². The van der Waals surface area contributed by atoms with Gasteiger partial charge in [-0.15, -0.1) is 0 Å². The highest BCUT2D eigenvalue weighted by molar-refractivity contribution is 7.89. The summed E-state index contributed by atoms with van der Waals surface area (Å²) in [6.45, 7) is 5.90. The van der Waals surface area contributed by atoms with Crippen LogP contribution in [0.1, 0.15) is 5.56 Å². The van der Waals surface area contributed by atoms with Crippen LogP contribution in [0.5, 0.6) is 0 Å². The SMILES string of the molecule is Cc1cccc(NC(=O)N2CCN(c3ccc(S(=O)(=O)N4CCOCC4)cn3)CC2)c1. The van der Waals surface area contributed by atoms with Gasteiger partial charge in [0.05, 0.1) is 13.2 Å². The van der Waals surface area contributed by atoms with Crippen molar-refractivity contribution in [1.29, 1.82) is 0 Å². The predicted molar refractivity (Wildman–Crippen MR) is 118 cm³/mol. The van der Waals surface area contributed by atoms with E-state index in [2.05, 4.69) is 15.2 Å². The summed E-state index contributed by atoms with van der Waals surface area (Å²) in [5, 5.41) is 2.93. The minimum Gasteiger partial charge on any atom is -0.379 e. The van der Waals surface area contributed by atoms with Crippen LogP contribution in [0.4, 0.5) is 16.3 Å². The fourth-order valence-corrected chi connectivity index (χ4v) is 5.07. The molecule has 0 atom stereocenters. The second-order valence-corrected chi connectivity index (χ2v) is 9.58. The van der Waals surface area contributed by atoms with Crippen LogP contribution in [0.15, 0.2) is 47.5 Å². The van der Waals surface area contributed by atoms with E-state index < -0.39 is 10.0 Å². The number of benzene rings is 1. The van der Waals surface area contributed by atoms with Gasteiger partial charge in [0.1, 0.15) is 10.7 Å². The van der Waals surface area contributed by atoms with Gasteiger partial charge in [-0.2, -0.15) is 4.31 Å². The molecule has 31 heavy (non-hydrogen) atoms. The van der Waals surface area contributed by atoms with Gasteiger partial charge in [-0.1, -0.05) is 12.1 Å². The van der Waals surface area contributed by atoms with Crippen molar-refractivity contribution in [3.05, 3.63) is 48.2 Å². The molecule has 1 N–H and O–H groups in total. The Morgan fingerprint density at radius 2 is 1.77 bits per heavy atom. The molecule has 1 aromatic heterocycles. The highest BCUT2D eigenvalue weighted by atomic mass is 32.2. The number of pyridine rings is 1. The van der Waals surface area contributed by atoms with Gasteiger partial charge in [-0.3, -0.25) is 0 Å². The van der Waals surface area contributed by atoms with Crippen molar-refractivity contribution < 1.29 is 17.9 Å². The molecule has 0 saturated carbocycles. The van der Waals surface area contributed by atoms with Gasteiger partial charge in [-0.25, -0.2) is 18.2 Å². The fourth-order valence-electron chi connectivity index (χ4n) is 3.71. The van der Waals surface area contributed by atoms with Crippen molar-refractivity contribution in [3.63, 3.8) is 0 Å². The van der Waals surface area contributed by atoms with Crippen molar-refractivity contribution in [1.82, 2.24) is 14.2 Å². The first-order valence-electron chi connectivity index (χ1n) is 10.3. The van der Waals surface area contributed by atoms with Crippen molar-refractivity contribution in [3.8, 4) is 0 Å². The van der Waals surface area contributed by atoms with Crippen LogP contribution in [0, 0.1) is 6.92 Å². The third kappa shape index (κ3) is 4.97. The molecule has 2 aliphatic rings. The highest BCUT2D eigenvalue weighted by Crippen LogP contribution is 2.20. The van der Waals surface area contributed by atoms with Crippen LogP contribution in [0.2, 0.25) is 0 Å². The molecule has 0 radical (unpaired) electrons. The lowest BCUT2D eigenvalue weighted by Gasteiger charge is -2.35. The lowest BCUT2D eigenvalue weighted by molar-refractivity contribution is 0.0730. The Bertz CT molecular complexity index is 1010. The summed E-state index contributed by atoms with van der Waals surface area (Å²) >= 11 is 0. The first kappa shape index (κ1) is 21.5. The molecule has 0 spiro atoms. The lowest BCUT2D eigenvalue weighted by atomic mass is 10.2. The fraction of sp³-hybridized carbons (Fsp3) is 0.429. The number of hydrogen-bond acceptors (Lipinski definition) is 6. The monoisotopic (exact) mass is 445 g/mol. The molecular weight excluding hydrogens is 418 g/mol. The molecule has 10 heteroatoms. The van der Waals surface area contributed by atoms with Gasteiger partial charge >= 0.3 is 6.03 Å². The number of nitrogens with one attached hydrogen (secondary N) is 1. The number of carbonyl (C=O) groups excluding carboxylic acids is 1. The molecule has 2 amide bonds. The van der Waals surface area contributed by atoms with Crippen LogP contribution in [0.25, 0.3) is 0 Å². The molecule has 2 saturated heterocycles. The average molecular weight is 446 g/mol. The second kappa shape index (κ2) is 9.21. The van der Waals surface area contributed by atoms with Gasteiger partial charge in [0, 0.05) is 51.2 Å². The van der Waals surface area contributed by atoms with E-state index in [4.69, 9.17) is 4.74 Å². The third-order valence-electron chi connectivity index (χ3n) is 5.49. The van der Waals surface area contributed by atoms with E-state index in [0.29, 0.717) is 58.3 Å². The highest BCUT2D eigenvalue weighted by Gasteiger charge is 2.27. The Hall–Kier alpha value is -2.69. The van der Waals surface area contributed by atoms with E-state index in [1.807, 2.05) is 31.2 Å². The quantitative estimate of drug-likeness (QED) is 0.771. The molecule has 2 aliphatic heterocycles. The Balaban J connectivity index is 1.34. The number of ether oxygens (including phenoxy) is 1. The molecular formula is C21H27N5O4S. The Morgan fingerprint density at radius 1 is 1.03 bits per heavy atom. The Morgan fingerprint density at radius 3 is 2.42 bits per heavy atom. The first-order chi connectivity index (χ1) is 14.9. The summed E-state index contributed by atoms with van der Waals surface area (Å²) in [6, 6.07) is 10.9. The zero-order valence-electron chi connectivity index (χ0n) is 17.5. The topological polar surface area (TPSA) is 95.1 Å². The number of aromatic nitrogens is 1. The van der Waals surface area contributed by atoms with E-state index in [1.54, 1.807) is 17.0 Å². The number of sulfonamides is 1. The van der Waals surface area contributed by atoms with E-state index in [9.17, 15) is 13.2 Å². The smallest absolute Gasteiger partial charge is 0.321 e. The summed E-state index contributed by atoms with van der Waals surface area (Å²) in [4.78, 5) is 20.9. The van der Waals surface area contributed by atoms with Crippen LogP contribution < -0.4 is 10.2 Å². The maximum atomic E-state index is 12.7. The molecule has 0 unspecified atom stereocenters. The van der Waals surface area contributed by atoms with Crippen LogP contribution >= 0.6 is 0 Å². The maximum Gasteiger partial charge on any atom is 0.321 e. The summed E-state index contributed by atoms with van der Waals surface area (Å²) in [7, 11) is -3.55. The molecule has 2 fully saturated rings. The minimum absolute atomic E-state index is 0.120. The van der Waals surface area contributed by atoms with Gasteiger partial charge in [0.25, 0.3) is 0 Å². The molecule has 4 rings (SSSR count). The number of piperazine rings is 1. The van der Waals surface area contributed by atoms with Crippen LogP contribution in [0.3, 0.4) is 0 Å². The molecule has 3 heterocycles. The summed E-state index contributed by atoms with van der Waals surface area (Å²) in [6.07, 6.45) is 1.41. The number of carbonyl (C=O) groups is 1. The molecule has 1 aromatic carbocycles. The van der Waals surface area contributed by atoms with E-state index in [1.165, 1.54) is 10.5 Å². The van der Waals surface area contributed by atoms with Crippen LogP contribution in [-0.4, -0.2) is 81.1 Å². The number of urea groups is 1. The number of nitrogens with zero attached hydrogens (tertiary/aromatic N) is 4. The Kier molecular flexibility index (Phi) is 6.40. The number of amides is 2. The zero-order valence-corrected chi connectivity index (χ0v) is 18.3.